The van der Waals surface area contributed by atoms with Crippen molar-refractivity contribution in [2.75, 3.05) is 33.8 Å². The molecule has 0 aromatic rings. The molecule has 0 unspecified atom stereocenters. The van der Waals surface area contributed by atoms with E-state index in [4.69, 9.17) is 10.2 Å². The van der Waals surface area contributed by atoms with Gasteiger partial charge in [0.25, 0.3) is 0 Å². The molecule has 0 aromatic heterocycles. The van der Waals surface area contributed by atoms with Crippen LogP contribution in [-0.4, -0.2) is 77.8 Å². The molecule has 0 aliphatic carbocycles. The van der Waals surface area contributed by atoms with E-state index in [1.165, 1.54) is 4.90 Å². The van der Waals surface area contributed by atoms with E-state index in [1.54, 1.807) is 21.0 Å². The van der Waals surface area contributed by atoms with Crippen LogP contribution in [0.15, 0.2) is 0 Å². The van der Waals surface area contributed by atoms with Crippen LogP contribution in [0.1, 0.15) is 6.92 Å². The van der Waals surface area contributed by atoms with Crippen LogP contribution >= 0.6 is 0 Å². The Morgan fingerprint density at radius 2 is 1.83 bits per heavy atom. The summed E-state index contributed by atoms with van der Waals surface area (Å²) in [5, 5.41) is 19.6. The van der Waals surface area contributed by atoms with Gasteiger partial charge in [-0.25, -0.2) is 9.59 Å². The highest BCUT2D eigenvalue weighted by Crippen LogP contribution is 1.94. The summed E-state index contributed by atoms with van der Waals surface area (Å²) in [4.78, 5) is 36.2. The van der Waals surface area contributed by atoms with E-state index in [2.05, 4.69) is 5.32 Å². The molecule has 3 amide bonds. The zero-order valence-electron chi connectivity index (χ0n) is 10.7. The molecule has 8 nitrogen and oxygen atoms in total. The fourth-order valence-corrected chi connectivity index (χ4v) is 1.06. The normalized spacial score (nSPS) is 11.6. The molecule has 0 rings (SSSR count). The number of aliphatic carboxylic acids is 1. The van der Waals surface area contributed by atoms with Gasteiger partial charge in [-0.05, 0) is 6.92 Å². The second-order valence-corrected chi connectivity index (χ2v) is 3.83. The molecule has 0 heterocycles. The summed E-state index contributed by atoms with van der Waals surface area (Å²) in [5.41, 5.74) is 0. The Hall–Kier alpha value is -1.83. The molecule has 18 heavy (non-hydrogen) atoms. The van der Waals surface area contributed by atoms with Crippen molar-refractivity contribution in [2.24, 2.45) is 0 Å². The fraction of sp³-hybridized carbons (Fsp3) is 0.700. The minimum absolute atomic E-state index is 0.146. The van der Waals surface area contributed by atoms with E-state index in [0.717, 1.165) is 4.90 Å². The lowest BCUT2D eigenvalue weighted by atomic mass is 10.3. The third-order valence-electron chi connectivity index (χ3n) is 2.27. The number of aliphatic hydroxyl groups is 1. The molecule has 0 saturated carbocycles. The maximum absolute atomic E-state index is 11.7. The second-order valence-electron chi connectivity index (χ2n) is 3.83. The third-order valence-corrected chi connectivity index (χ3v) is 2.27. The Morgan fingerprint density at radius 1 is 1.28 bits per heavy atom. The minimum atomic E-state index is -1.37. The minimum Gasteiger partial charge on any atom is -0.480 e. The summed E-state index contributed by atoms with van der Waals surface area (Å²) in [6.07, 6.45) is 0. The molecular weight excluding hydrogens is 242 g/mol. The molecule has 0 aliphatic rings. The van der Waals surface area contributed by atoms with Crippen LogP contribution in [-0.2, 0) is 9.59 Å². The van der Waals surface area contributed by atoms with Gasteiger partial charge in [0.1, 0.15) is 6.54 Å². The maximum Gasteiger partial charge on any atom is 0.328 e. The number of likely N-dealkylation sites (N-methyl/N-ethyl adjacent to an activating group) is 2. The molecule has 8 heteroatoms. The molecule has 0 aliphatic heterocycles. The topological polar surface area (TPSA) is 110 Å². The van der Waals surface area contributed by atoms with Crippen molar-refractivity contribution in [3.63, 3.8) is 0 Å². The smallest absolute Gasteiger partial charge is 0.328 e. The van der Waals surface area contributed by atoms with Crippen LogP contribution in [0.25, 0.3) is 0 Å². The molecule has 0 saturated heterocycles. The Labute approximate surface area is 105 Å². The SMILES string of the molecule is CCN(CC(=O)N(C)C)C(=O)N[C@H](CO)C(=O)O. The van der Waals surface area contributed by atoms with Crippen LogP contribution in [0.5, 0.6) is 0 Å². The predicted molar refractivity (Wildman–Crippen MR) is 63.0 cm³/mol. The van der Waals surface area contributed by atoms with E-state index in [-0.39, 0.29) is 19.0 Å². The van der Waals surface area contributed by atoms with Gasteiger partial charge in [-0.2, -0.15) is 0 Å². The van der Waals surface area contributed by atoms with Gasteiger partial charge in [0, 0.05) is 20.6 Å². The van der Waals surface area contributed by atoms with Crippen molar-refractivity contribution in [1.82, 2.24) is 15.1 Å². The maximum atomic E-state index is 11.7. The molecule has 1 atom stereocenters. The Balaban J connectivity index is 4.52. The first-order valence-corrected chi connectivity index (χ1v) is 5.42. The van der Waals surface area contributed by atoms with E-state index in [0.29, 0.717) is 0 Å². The van der Waals surface area contributed by atoms with Gasteiger partial charge < -0.3 is 25.3 Å². The second kappa shape index (κ2) is 7.49. The fourth-order valence-electron chi connectivity index (χ4n) is 1.06. The summed E-state index contributed by atoms with van der Waals surface area (Å²) in [6, 6.07) is -2.07. The van der Waals surface area contributed by atoms with E-state index in [9.17, 15) is 14.4 Å². The van der Waals surface area contributed by atoms with Crippen molar-refractivity contribution in [3.8, 4) is 0 Å². The van der Waals surface area contributed by atoms with Crippen molar-refractivity contribution in [1.29, 1.82) is 0 Å². The third kappa shape index (κ3) is 5.00. The van der Waals surface area contributed by atoms with E-state index < -0.39 is 24.6 Å². The van der Waals surface area contributed by atoms with Crippen LogP contribution in [0.3, 0.4) is 0 Å². The highest BCUT2D eigenvalue weighted by Gasteiger charge is 2.23. The Morgan fingerprint density at radius 3 is 2.17 bits per heavy atom. The number of carbonyl (C=O) groups excluding carboxylic acids is 2. The van der Waals surface area contributed by atoms with Gasteiger partial charge >= 0.3 is 12.0 Å². The summed E-state index contributed by atoms with van der Waals surface area (Å²) >= 11 is 0. The van der Waals surface area contributed by atoms with Crippen molar-refractivity contribution in [3.05, 3.63) is 0 Å². The average molecular weight is 261 g/mol. The van der Waals surface area contributed by atoms with Crippen LogP contribution in [0.4, 0.5) is 4.79 Å². The first kappa shape index (κ1) is 16.2. The van der Waals surface area contributed by atoms with E-state index >= 15 is 0 Å². The number of nitrogens with zero attached hydrogens (tertiary/aromatic N) is 2. The number of carboxylic acids is 1. The molecule has 104 valence electrons. The lowest BCUT2D eigenvalue weighted by Crippen LogP contribution is -2.51. The van der Waals surface area contributed by atoms with Crippen molar-refractivity contribution in [2.45, 2.75) is 13.0 Å². The number of amides is 3. The van der Waals surface area contributed by atoms with Gasteiger partial charge in [0.2, 0.25) is 5.91 Å². The predicted octanol–water partition coefficient (Wildman–Crippen LogP) is -1.45. The largest absolute Gasteiger partial charge is 0.480 e. The lowest BCUT2D eigenvalue weighted by Gasteiger charge is -2.24. The van der Waals surface area contributed by atoms with Crippen LogP contribution in [0, 0.1) is 0 Å². The quantitative estimate of drug-likeness (QED) is 0.542. The standard InChI is InChI=1S/C10H19N3O5/c1-4-13(5-8(15)12(2)3)10(18)11-7(6-14)9(16)17/h7,14H,4-6H2,1-3H3,(H,11,18)(H,16,17)/t7-/m1/s1. The summed E-state index contributed by atoms with van der Waals surface area (Å²) in [5.74, 6) is -1.61. The monoisotopic (exact) mass is 261 g/mol. The molecule has 3 N–H and O–H groups in total. The number of rotatable bonds is 6. The zero-order chi connectivity index (χ0) is 14.3. The van der Waals surface area contributed by atoms with Crippen LogP contribution < -0.4 is 5.32 Å². The number of carboxylic acid groups (broad SMARTS) is 1. The number of hydrogen-bond donors (Lipinski definition) is 3. The lowest BCUT2D eigenvalue weighted by molar-refractivity contribution is -0.140. The molecule has 0 bridgehead atoms. The molecule has 0 radical (unpaired) electrons. The number of hydrogen-bond acceptors (Lipinski definition) is 4. The van der Waals surface area contributed by atoms with E-state index in [1.807, 2.05) is 0 Å². The average Bonchev–Trinajstić information content (AvgIpc) is 2.31. The summed E-state index contributed by atoms with van der Waals surface area (Å²) < 4.78 is 0. The first-order chi connectivity index (χ1) is 8.33. The van der Waals surface area contributed by atoms with Gasteiger partial charge in [-0.3, -0.25) is 4.79 Å². The first-order valence-electron chi connectivity index (χ1n) is 5.42. The van der Waals surface area contributed by atoms with Gasteiger partial charge in [0.05, 0.1) is 6.61 Å². The molecule has 0 fully saturated rings. The van der Waals surface area contributed by atoms with Crippen molar-refractivity contribution < 1.29 is 24.6 Å². The highest BCUT2D eigenvalue weighted by atomic mass is 16.4. The van der Waals surface area contributed by atoms with Gasteiger partial charge in [-0.1, -0.05) is 0 Å². The summed E-state index contributed by atoms with van der Waals surface area (Å²) in [6.45, 7) is 1.06. The Bertz CT molecular complexity index is 319. The van der Waals surface area contributed by atoms with Gasteiger partial charge in [-0.15, -0.1) is 0 Å². The Kier molecular flexibility index (Phi) is 6.73. The number of carbonyl (C=O) groups is 3. The number of aliphatic hydroxyl groups excluding tert-OH is 1. The zero-order valence-corrected chi connectivity index (χ0v) is 10.7. The molecule has 0 aromatic carbocycles. The summed E-state index contributed by atoms with van der Waals surface area (Å²) in [7, 11) is 3.11. The van der Waals surface area contributed by atoms with Gasteiger partial charge in [0.15, 0.2) is 6.04 Å². The molecule has 0 spiro atoms. The van der Waals surface area contributed by atoms with Crippen LogP contribution in [0.2, 0.25) is 0 Å². The van der Waals surface area contributed by atoms with Crippen molar-refractivity contribution >= 4 is 17.9 Å². The number of nitrogens with one attached hydrogen (secondary N) is 1. The number of urea groups is 1. The molecular formula is C10H19N3O5. The highest BCUT2D eigenvalue weighted by molar-refractivity contribution is 5.86.